The average Bonchev–Trinajstić information content (AvgIpc) is 1.97. The van der Waals surface area contributed by atoms with Gasteiger partial charge in [0.2, 0.25) is 0 Å². The zero-order valence-corrected chi connectivity index (χ0v) is 7.94. The molecule has 0 fully saturated rings. The quantitative estimate of drug-likeness (QED) is 0.688. The second-order valence-electron chi connectivity index (χ2n) is 1.85. The maximum atomic E-state index is 8.51. The van der Waals surface area contributed by atoms with E-state index in [1.165, 1.54) is 0 Å². The Labute approximate surface area is 77.2 Å². The summed E-state index contributed by atoms with van der Waals surface area (Å²) in [7, 11) is 0. The summed E-state index contributed by atoms with van der Waals surface area (Å²) in [6.07, 6.45) is 0. The molecule has 5 heteroatoms. The summed E-state index contributed by atoms with van der Waals surface area (Å²) in [4.78, 5) is 7.73. The number of hydrogen-bond donors (Lipinski definition) is 0. The maximum Gasteiger partial charge on any atom is 0.173 e. The molecule has 0 bridgehead atoms. The van der Waals surface area contributed by atoms with Crippen LogP contribution in [0.2, 0.25) is 5.15 Å². The van der Waals surface area contributed by atoms with Crippen molar-refractivity contribution in [1.82, 2.24) is 9.97 Å². The van der Waals surface area contributed by atoms with Gasteiger partial charge in [-0.1, -0.05) is 11.6 Å². The van der Waals surface area contributed by atoms with Crippen molar-refractivity contribution in [2.24, 2.45) is 0 Å². The van der Waals surface area contributed by atoms with Crippen molar-refractivity contribution >= 4 is 27.5 Å². The SMILES string of the molecule is Cc1nc(C#N)c(Br)nc1Cl. The first-order valence-electron chi connectivity index (χ1n) is 2.75. The minimum Gasteiger partial charge on any atom is -0.236 e. The van der Waals surface area contributed by atoms with Gasteiger partial charge < -0.3 is 0 Å². The highest BCUT2D eigenvalue weighted by Gasteiger charge is 2.05. The van der Waals surface area contributed by atoms with Crippen LogP contribution in [0.25, 0.3) is 0 Å². The van der Waals surface area contributed by atoms with Crippen molar-refractivity contribution in [2.45, 2.75) is 6.92 Å². The zero-order valence-electron chi connectivity index (χ0n) is 5.60. The molecule has 0 aliphatic rings. The third-order valence-electron chi connectivity index (χ3n) is 1.08. The number of nitrogens with zero attached hydrogens (tertiary/aromatic N) is 3. The minimum absolute atomic E-state index is 0.256. The van der Waals surface area contributed by atoms with Crippen molar-refractivity contribution in [1.29, 1.82) is 5.26 Å². The molecular weight excluding hydrogens is 229 g/mol. The van der Waals surface area contributed by atoms with Crippen molar-refractivity contribution in [3.63, 3.8) is 0 Å². The van der Waals surface area contributed by atoms with Gasteiger partial charge in [-0.15, -0.1) is 0 Å². The molecule has 0 saturated heterocycles. The number of hydrogen-bond acceptors (Lipinski definition) is 3. The summed E-state index contributed by atoms with van der Waals surface area (Å²) in [6.45, 7) is 1.70. The smallest absolute Gasteiger partial charge is 0.173 e. The standard InChI is InChI=1S/C6H3BrClN3/c1-3-6(8)11-5(7)4(2-9)10-3/h1H3. The van der Waals surface area contributed by atoms with E-state index in [1.54, 1.807) is 6.92 Å². The molecule has 56 valence electrons. The van der Waals surface area contributed by atoms with Gasteiger partial charge in [0.1, 0.15) is 10.7 Å². The fourth-order valence-corrected chi connectivity index (χ4v) is 1.13. The van der Waals surface area contributed by atoms with Gasteiger partial charge in [0, 0.05) is 0 Å². The van der Waals surface area contributed by atoms with E-state index < -0.39 is 0 Å². The summed E-state index contributed by atoms with van der Waals surface area (Å²) in [6, 6.07) is 1.88. The topological polar surface area (TPSA) is 49.6 Å². The highest BCUT2D eigenvalue weighted by atomic mass is 79.9. The molecule has 0 unspecified atom stereocenters. The largest absolute Gasteiger partial charge is 0.236 e. The number of halogens is 2. The average molecular weight is 232 g/mol. The number of rotatable bonds is 0. The molecule has 11 heavy (non-hydrogen) atoms. The number of nitriles is 1. The van der Waals surface area contributed by atoms with Crippen LogP contribution in [0.15, 0.2) is 4.60 Å². The molecule has 1 aromatic heterocycles. The van der Waals surface area contributed by atoms with Gasteiger partial charge in [-0.2, -0.15) is 5.26 Å². The molecule has 1 rings (SSSR count). The van der Waals surface area contributed by atoms with E-state index >= 15 is 0 Å². The summed E-state index contributed by atoms with van der Waals surface area (Å²) in [5, 5.41) is 8.82. The second-order valence-corrected chi connectivity index (χ2v) is 2.96. The maximum absolute atomic E-state index is 8.51. The van der Waals surface area contributed by atoms with Crippen LogP contribution in [-0.2, 0) is 0 Å². The van der Waals surface area contributed by atoms with Crippen LogP contribution >= 0.6 is 27.5 Å². The molecule has 3 nitrogen and oxygen atoms in total. The lowest BCUT2D eigenvalue weighted by Crippen LogP contribution is -1.93. The molecule has 0 aromatic carbocycles. The first kappa shape index (κ1) is 8.44. The summed E-state index contributed by atoms with van der Waals surface area (Å²) < 4.78 is 0.385. The lowest BCUT2D eigenvalue weighted by molar-refractivity contribution is 1.06. The Morgan fingerprint density at radius 2 is 2.18 bits per heavy atom. The lowest BCUT2D eigenvalue weighted by atomic mass is 10.4. The van der Waals surface area contributed by atoms with E-state index in [1.807, 2.05) is 6.07 Å². The summed E-state index contributed by atoms with van der Waals surface area (Å²) in [5.41, 5.74) is 0.818. The van der Waals surface area contributed by atoms with E-state index in [0.29, 0.717) is 15.5 Å². The molecule has 0 atom stereocenters. The highest BCUT2D eigenvalue weighted by Crippen LogP contribution is 2.16. The van der Waals surface area contributed by atoms with Crippen LogP contribution in [0.3, 0.4) is 0 Å². The normalized spacial score (nSPS) is 9.27. The third kappa shape index (κ3) is 1.67. The van der Waals surface area contributed by atoms with Crippen molar-refractivity contribution in [2.75, 3.05) is 0 Å². The monoisotopic (exact) mass is 231 g/mol. The molecule has 0 aliphatic heterocycles. The predicted octanol–water partition coefficient (Wildman–Crippen LogP) is 2.07. The van der Waals surface area contributed by atoms with Gasteiger partial charge in [-0.05, 0) is 22.9 Å². The molecule has 0 N–H and O–H groups in total. The van der Waals surface area contributed by atoms with E-state index in [0.717, 1.165) is 0 Å². The van der Waals surface area contributed by atoms with E-state index in [2.05, 4.69) is 25.9 Å². The fourth-order valence-electron chi connectivity index (χ4n) is 0.551. The Morgan fingerprint density at radius 1 is 1.55 bits per heavy atom. The number of aryl methyl sites for hydroxylation is 1. The fraction of sp³-hybridized carbons (Fsp3) is 0.167. The van der Waals surface area contributed by atoms with Crippen LogP contribution in [0, 0.1) is 18.3 Å². The van der Waals surface area contributed by atoms with Gasteiger partial charge in [0.25, 0.3) is 0 Å². The minimum atomic E-state index is 0.256. The van der Waals surface area contributed by atoms with Crippen LogP contribution in [0.1, 0.15) is 11.4 Å². The Balaban J connectivity index is 3.35. The molecule has 1 aromatic rings. The van der Waals surface area contributed by atoms with E-state index in [-0.39, 0.29) is 5.69 Å². The molecule has 0 aliphatic carbocycles. The number of aromatic nitrogens is 2. The Morgan fingerprint density at radius 3 is 2.73 bits per heavy atom. The third-order valence-corrected chi connectivity index (χ3v) is 1.99. The lowest BCUT2D eigenvalue weighted by Gasteiger charge is -1.97. The molecule has 0 spiro atoms. The van der Waals surface area contributed by atoms with Gasteiger partial charge in [-0.25, -0.2) is 9.97 Å². The molecule has 0 saturated carbocycles. The van der Waals surface area contributed by atoms with Crippen LogP contribution in [0.4, 0.5) is 0 Å². The van der Waals surface area contributed by atoms with Gasteiger partial charge >= 0.3 is 0 Å². The van der Waals surface area contributed by atoms with Crippen LogP contribution < -0.4 is 0 Å². The van der Waals surface area contributed by atoms with E-state index in [4.69, 9.17) is 16.9 Å². The van der Waals surface area contributed by atoms with Crippen molar-refractivity contribution in [3.05, 3.63) is 21.1 Å². The molecular formula is C6H3BrClN3. The first-order valence-corrected chi connectivity index (χ1v) is 3.92. The van der Waals surface area contributed by atoms with Gasteiger partial charge in [0.15, 0.2) is 10.8 Å². The summed E-state index contributed by atoms with van der Waals surface area (Å²) in [5.74, 6) is 0. The van der Waals surface area contributed by atoms with Crippen molar-refractivity contribution < 1.29 is 0 Å². The van der Waals surface area contributed by atoms with E-state index in [9.17, 15) is 0 Å². The highest BCUT2D eigenvalue weighted by molar-refractivity contribution is 9.10. The van der Waals surface area contributed by atoms with Crippen molar-refractivity contribution in [3.8, 4) is 6.07 Å². The molecule has 0 amide bonds. The predicted molar refractivity (Wildman–Crippen MR) is 44.2 cm³/mol. The zero-order chi connectivity index (χ0) is 8.43. The van der Waals surface area contributed by atoms with Crippen LogP contribution in [-0.4, -0.2) is 9.97 Å². The van der Waals surface area contributed by atoms with Gasteiger partial charge in [-0.3, -0.25) is 0 Å². The van der Waals surface area contributed by atoms with Gasteiger partial charge in [0.05, 0.1) is 5.69 Å². The molecule has 1 heterocycles. The second kappa shape index (κ2) is 3.16. The Hall–Kier alpha value is -0.660. The Kier molecular flexibility index (Phi) is 2.42. The van der Waals surface area contributed by atoms with Crippen LogP contribution in [0.5, 0.6) is 0 Å². The molecule has 0 radical (unpaired) electrons. The Bertz CT molecular complexity index is 331. The first-order chi connectivity index (χ1) is 5.15. The summed E-state index contributed by atoms with van der Waals surface area (Å²) >= 11 is 8.69.